The Labute approximate surface area is 92.3 Å². The van der Waals surface area contributed by atoms with E-state index in [0.29, 0.717) is 5.92 Å². The zero-order chi connectivity index (χ0) is 11.1. The molecule has 0 saturated carbocycles. The molecule has 0 fully saturated rings. The van der Waals surface area contributed by atoms with Crippen molar-refractivity contribution in [3.05, 3.63) is 35.9 Å². The highest BCUT2D eigenvalue weighted by molar-refractivity contribution is 5.14. The van der Waals surface area contributed by atoms with Gasteiger partial charge in [0.1, 0.15) is 0 Å². The Hall–Kier alpha value is -0.860. The summed E-state index contributed by atoms with van der Waals surface area (Å²) in [5, 5.41) is 12.6. The van der Waals surface area contributed by atoms with Crippen molar-refractivity contribution in [3.63, 3.8) is 0 Å². The second kappa shape index (κ2) is 6.59. The van der Waals surface area contributed by atoms with Crippen molar-refractivity contribution in [3.8, 4) is 0 Å². The van der Waals surface area contributed by atoms with Gasteiger partial charge in [0.05, 0.1) is 6.61 Å². The minimum absolute atomic E-state index is 0.213. The summed E-state index contributed by atoms with van der Waals surface area (Å²) in [4.78, 5) is 0. The Balaban J connectivity index is 2.34. The third kappa shape index (κ3) is 4.96. The van der Waals surface area contributed by atoms with Crippen LogP contribution in [0.1, 0.15) is 25.8 Å². The summed E-state index contributed by atoms with van der Waals surface area (Å²) in [7, 11) is 0. The van der Waals surface area contributed by atoms with E-state index in [9.17, 15) is 5.11 Å². The highest BCUT2D eigenvalue weighted by atomic mass is 16.3. The fourth-order valence-corrected chi connectivity index (χ4v) is 1.65. The van der Waals surface area contributed by atoms with Crippen LogP contribution in [0, 0.1) is 5.92 Å². The van der Waals surface area contributed by atoms with E-state index < -0.39 is 0 Å². The molecule has 0 amide bonds. The minimum Gasteiger partial charge on any atom is -0.395 e. The van der Waals surface area contributed by atoms with Gasteiger partial charge in [0, 0.05) is 12.6 Å². The first kappa shape index (κ1) is 12.2. The van der Waals surface area contributed by atoms with Gasteiger partial charge >= 0.3 is 0 Å². The van der Waals surface area contributed by atoms with Crippen LogP contribution in [0.25, 0.3) is 0 Å². The summed E-state index contributed by atoms with van der Waals surface area (Å²) in [6.45, 7) is 5.39. The molecule has 84 valence electrons. The molecule has 1 aromatic carbocycles. The van der Waals surface area contributed by atoms with Crippen molar-refractivity contribution in [1.82, 2.24) is 5.32 Å². The van der Waals surface area contributed by atoms with Crippen molar-refractivity contribution >= 4 is 0 Å². The molecule has 0 radical (unpaired) electrons. The molecular formula is C13H21NO. The molecule has 0 aliphatic heterocycles. The number of rotatable bonds is 6. The number of hydrogen-bond acceptors (Lipinski definition) is 2. The summed E-state index contributed by atoms with van der Waals surface area (Å²) >= 11 is 0. The molecule has 0 bridgehead atoms. The Morgan fingerprint density at radius 3 is 2.40 bits per heavy atom. The SMILES string of the molecule is CC(C)C[C@@H](CO)NCc1ccccc1. The quantitative estimate of drug-likeness (QED) is 0.749. The van der Waals surface area contributed by atoms with Gasteiger partial charge in [-0.25, -0.2) is 0 Å². The van der Waals surface area contributed by atoms with E-state index in [2.05, 4.69) is 31.3 Å². The number of aliphatic hydroxyl groups is 1. The third-order valence-electron chi connectivity index (χ3n) is 2.41. The molecule has 0 unspecified atom stereocenters. The van der Waals surface area contributed by atoms with E-state index in [1.54, 1.807) is 0 Å². The van der Waals surface area contributed by atoms with Gasteiger partial charge in [-0.15, -0.1) is 0 Å². The summed E-state index contributed by atoms with van der Waals surface area (Å²) in [6.07, 6.45) is 1.02. The Morgan fingerprint density at radius 1 is 1.20 bits per heavy atom. The van der Waals surface area contributed by atoms with Crippen molar-refractivity contribution in [1.29, 1.82) is 0 Å². The number of benzene rings is 1. The maximum Gasteiger partial charge on any atom is 0.0584 e. The number of hydrogen-bond donors (Lipinski definition) is 2. The second-order valence-corrected chi connectivity index (χ2v) is 4.38. The predicted molar refractivity (Wildman–Crippen MR) is 63.6 cm³/mol. The third-order valence-corrected chi connectivity index (χ3v) is 2.41. The average Bonchev–Trinajstić information content (AvgIpc) is 2.25. The fourth-order valence-electron chi connectivity index (χ4n) is 1.65. The van der Waals surface area contributed by atoms with Gasteiger partial charge < -0.3 is 10.4 Å². The molecule has 2 N–H and O–H groups in total. The first-order valence-electron chi connectivity index (χ1n) is 5.60. The topological polar surface area (TPSA) is 32.3 Å². The lowest BCUT2D eigenvalue weighted by atomic mass is 10.0. The van der Waals surface area contributed by atoms with Crippen LogP contribution in [0.15, 0.2) is 30.3 Å². The van der Waals surface area contributed by atoms with Crippen molar-refractivity contribution < 1.29 is 5.11 Å². The average molecular weight is 207 g/mol. The smallest absolute Gasteiger partial charge is 0.0584 e. The van der Waals surface area contributed by atoms with Crippen LogP contribution >= 0.6 is 0 Å². The molecule has 0 spiro atoms. The highest BCUT2D eigenvalue weighted by Crippen LogP contribution is 2.05. The lowest BCUT2D eigenvalue weighted by molar-refractivity contribution is 0.223. The van der Waals surface area contributed by atoms with Gasteiger partial charge in [0.25, 0.3) is 0 Å². The zero-order valence-electron chi connectivity index (χ0n) is 9.61. The van der Waals surface area contributed by atoms with Crippen molar-refractivity contribution in [2.45, 2.75) is 32.9 Å². The van der Waals surface area contributed by atoms with Gasteiger partial charge in [-0.1, -0.05) is 44.2 Å². The van der Waals surface area contributed by atoms with Gasteiger partial charge in [0.15, 0.2) is 0 Å². The minimum atomic E-state index is 0.213. The van der Waals surface area contributed by atoms with Crippen LogP contribution in [0.3, 0.4) is 0 Å². The summed E-state index contributed by atoms with van der Waals surface area (Å²) < 4.78 is 0. The molecular weight excluding hydrogens is 186 g/mol. The van der Waals surface area contributed by atoms with Crippen LogP contribution < -0.4 is 5.32 Å². The highest BCUT2D eigenvalue weighted by Gasteiger charge is 2.08. The molecule has 0 aliphatic rings. The predicted octanol–water partition coefficient (Wildman–Crippen LogP) is 2.18. The number of nitrogens with one attached hydrogen (secondary N) is 1. The monoisotopic (exact) mass is 207 g/mol. The molecule has 15 heavy (non-hydrogen) atoms. The first-order valence-corrected chi connectivity index (χ1v) is 5.60. The Bertz CT molecular complexity index is 258. The molecule has 0 heterocycles. The normalized spacial score (nSPS) is 13.1. The standard InChI is InChI=1S/C13H21NO/c1-11(2)8-13(10-15)14-9-12-6-4-3-5-7-12/h3-7,11,13-15H,8-10H2,1-2H3/t13-/m0/s1. The second-order valence-electron chi connectivity index (χ2n) is 4.38. The van der Waals surface area contributed by atoms with Crippen molar-refractivity contribution in [2.75, 3.05) is 6.61 Å². The molecule has 1 atom stereocenters. The van der Waals surface area contributed by atoms with Crippen molar-refractivity contribution in [2.24, 2.45) is 5.92 Å². The fraction of sp³-hybridized carbons (Fsp3) is 0.538. The van der Waals surface area contributed by atoms with Gasteiger partial charge in [-0.05, 0) is 17.9 Å². The molecule has 1 rings (SSSR count). The maximum absolute atomic E-state index is 9.19. The van der Waals surface area contributed by atoms with Gasteiger partial charge in [-0.3, -0.25) is 0 Å². The first-order chi connectivity index (χ1) is 7.22. The van der Waals surface area contributed by atoms with E-state index in [1.165, 1.54) is 5.56 Å². The van der Waals surface area contributed by atoms with E-state index in [4.69, 9.17) is 0 Å². The lowest BCUT2D eigenvalue weighted by Gasteiger charge is -2.18. The van der Waals surface area contributed by atoms with Crippen LogP contribution in [0.4, 0.5) is 0 Å². The molecule has 1 aromatic rings. The maximum atomic E-state index is 9.19. The van der Waals surface area contributed by atoms with Gasteiger partial charge in [0.2, 0.25) is 0 Å². The largest absolute Gasteiger partial charge is 0.395 e. The summed E-state index contributed by atoms with van der Waals surface area (Å²) in [6, 6.07) is 10.5. The van der Waals surface area contributed by atoms with E-state index in [1.807, 2.05) is 18.2 Å². The molecule has 2 heteroatoms. The van der Waals surface area contributed by atoms with Crippen LogP contribution in [-0.4, -0.2) is 17.8 Å². The molecule has 2 nitrogen and oxygen atoms in total. The van der Waals surface area contributed by atoms with Crippen LogP contribution in [0.5, 0.6) is 0 Å². The zero-order valence-corrected chi connectivity index (χ0v) is 9.61. The summed E-state index contributed by atoms with van der Waals surface area (Å²) in [5.74, 6) is 0.616. The van der Waals surface area contributed by atoms with E-state index in [0.717, 1.165) is 13.0 Å². The Morgan fingerprint density at radius 2 is 1.87 bits per heavy atom. The molecule has 0 saturated heterocycles. The molecule has 0 aliphatic carbocycles. The van der Waals surface area contributed by atoms with E-state index in [-0.39, 0.29) is 12.6 Å². The van der Waals surface area contributed by atoms with Gasteiger partial charge in [-0.2, -0.15) is 0 Å². The number of aliphatic hydroxyl groups excluding tert-OH is 1. The Kier molecular flexibility index (Phi) is 5.37. The van der Waals surface area contributed by atoms with Crippen LogP contribution in [0.2, 0.25) is 0 Å². The lowest BCUT2D eigenvalue weighted by Crippen LogP contribution is -2.33. The van der Waals surface area contributed by atoms with E-state index >= 15 is 0 Å². The molecule has 0 aromatic heterocycles. The van der Waals surface area contributed by atoms with Crippen LogP contribution in [-0.2, 0) is 6.54 Å². The summed E-state index contributed by atoms with van der Waals surface area (Å²) in [5.41, 5.74) is 1.26.